The van der Waals surface area contributed by atoms with Gasteiger partial charge in [-0.1, -0.05) is 42.5 Å². The standard InChI is InChI=1S/C17H16O3/c18-17(19)16-10-15(16)13-6-8-14(9-7-13)20-11-12-4-2-1-3-5-12/h1-9,15-16H,10-11H2,(H,18,19)/t15-,16-/m1/s1. The highest BCUT2D eigenvalue weighted by Gasteiger charge is 2.43. The summed E-state index contributed by atoms with van der Waals surface area (Å²) < 4.78 is 5.71. The fourth-order valence-electron chi connectivity index (χ4n) is 2.39. The van der Waals surface area contributed by atoms with Crippen LogP contribution in [0.2, 0.25) is 0 Å². The molecule has 2 aromatic carbocycles. The topological polar surface area (TPSA) is 46.5 Å². The van der Waals surface area contributed by atoms with E-state index in [0.717, 1.165) is 23.3 Å². The quantitative estimate of drug-likeness (QED) is 0.903. The average Bonchev–Trinajstić information content (AvgIpc) is 3.27. The van der Waals surface area contributed by atoms with Crippen molar-refractivity contribution < 1.29 is 14.6 Å². The second kappa shape index (κ2) is 5.37. The van der Waals surface area contributed by atoms with Crippen LogP contribution in [0.25, 0.3) is 0 Å². The second-order valence-corrected chi connectivity index (χ2v) is 5.13. The zero-order chi connectivity index (χ0) is 13.9. The molecule has 2 atom stereocenters. The zero-order valence-electron chi connectivity index (χ0n) is 11.0. The van der Waals surface area contributed by atoms with Crippen molar-refractivity contribution in [3.63, 3.8) is 0 Å². The van der Waals surface area contributed by atoms with Crippen LogP contribution in [0.5, 0.6) is 5.75 Å². The molecule has 1 aliphatic carbocycles. The lowest BCUT2D eigenvalue weighted by molar-refractivity contribution is -0.138. The van der Waals surface area contributed by atoms with E-state index in [1.165, 1.54) is 0 Å². The first-order valence-electron chi connectivity index (χ1n) is 6.73. The van der Waals surface area contributed by atoms with E-state index in [-0.39, 0.29) is 11.8 Å². The molecular weight excluding hydrogens is 252 g/mol. The van der Waals surface area contributed by atoms with E-state index in [4.69, 9.17) is 9.84 Å². The Morgan fingerprint density at radius 2 is 1.80 bits per heavy atom. The van der Waals surface area contributed by atoms with Crippen LogP contribution in [0.15, 0.2) is 54.6 Å². The van der Waals surface area contributed by atoms with Crippen molar-refractivity contribution >= 4 is 5.97 Å². The molecule has 1 N–H and O–H groups in total. The summed E-state index contributed by atoms with van der Waals surface area (Å²) in [5.41, 5.74) is 2.22. The number of carboxylic acid groups (broad SMARTS) is 1. The molecule has 2 aromatic rings. The Balaban J connectivity index is 1.58. The number of carboxylic acids is 1. The second-order valence-electron chi connectivity index (χ2n) is 5.13. The third-order valence-electron chi connectivity index (χ3n) is 3.66. The Labute approximate surface area is 117 Å². The van der Waals surface area contributed by atoms with Crippen molar-refractivity contribution in [3.8, 4) is 5.75 Å². The normalized spacial score (nSPS) is 20.4. The van der Waals surface area contributed by atoms with E-state index in [2.05, 4.69) is 0 Å². The van der Waals surface area contributed by atoms with Crippen LogP contribution < -0.4 is 4.74 Å². The Kier molecular flexibility index (Phi) is 3.42. The van der Waals surface area contributed by atoms with E-state index >= 15 is 0 Å². The first kappa shape index (κ1) is 12.7. The van der Waals surface area contributed by atoms with Crippen molar-refractivity contribution in [1.29, 1.82) is 0 Å². The van der Waals surface area contributed by atoms with Gasteiger partial charge in [0.05, 0.1) is 5.92 Å². The lowest BCUT2D eigenvalue weighted by atomic mass is 10.1. The minimum Gasteiger partial charge on any atom is -0.489 e. The maximum absolute atomic E-state index is 10.8. The van der Waals surface area contributed by atoms with E-state index in [0.29, 0.717) is 6.61 Å². The summed E-state index contributed by atoms with van der Waals surface area (Å²) in [4.78, 5) is 10.8. The number of rotatable bonds is 5. The SMILES string of the molecule is O=C(O)[C@@H]1C[C@@H]1c1ccc(OCc2ccccc2)cc1. The molecule has 0 aliphatic heterocycles. The van der Waals surface area contributed by atoms with E-state index < -0.39 is 5.97 Å². The van der Waals surface area contributed by atoms with Crippen molar-refractivity contribution in [1.82, 2.24) is 0 Å². The smallest absolute Gasteiger partial charge is 0.307 e. The number of hydrogen-bond donors (Lipinski definition) is 1. The highest BCUT2D eigenvalue weighted by molar-refractivity contribution is 5.75. The summed E-state index contributed by atoms with van der Waals surface area (Å²) in [7, 11) is 0. The van der Waals surface area contributed by atoms with Gasteiger partial charge in [0.15, 0.2) is 0 Å². The van der Waals surface area contributed by atoms with E-state index in [1.54, 1.807) is 0 Å². The molecule has 0 aromatic heterocycles. The molecule has 3 nitrogen and oxygen atoms in total. The predicted octanol–water partition coefficient (Wildman–Crippen LogP) is 3.45. The Hall–Kier alpha value is -2.29. The Morgan fingerprint density at radius 3 is 2.40 bits per heavy atom. The molecule has 0 spiro atoms. The van der Waals surface area contributed by atoms with Crippen molar-refractivity contribution in [2.24, 2.45) is 5.92 Å². The first-order valence-corrected chi connectivity index (χ1v) is 6.73. The van der Waals surface area contributed by atoms with Gasteiger partial charge in [0.25, 0.3) is 0 Å². The third-order valence-corrected chi connectivity index (χ3v) is 3.66. The third kappa shape index (κ3) is 2.82. The van der Waals surface area contributed by atoms with Crippen molar-refractivity contribution in [2.75, 3.05) is 0 Å². The van der Waals surface area contributed by atoms with Crippen LogP contribution in [0, 0.1) is 5.92 Å². The lowest BCUT2D eigenvalue weighted by Gasteiger charge is -2.07. The van der Waals surface area contributed by atoms with Crippen molar-refractivity contribution in [3.05, 3.63) is 65.7 Å². The van der Waals surface area contributed by atoms with Gasteiger partial charge in [-0.25, -0.2) is 0 Å². The van der Waals surface area contributed by atoms with Gasteiger partial charge in [-0.2, -0.15) is 0 Å². The molecule has 1 saturated carbocycles. The van der Waals surface area contributed by atoms with Crippen LogP contribution >= 0.6 is 0 Å². The van der Waals surface area contributed by atoms with Gasteiger partial charge in [0.2, 0.25) is 0 Å². The van der Waals surface area contributed by atoms with Gasteiger partial charge >= 0.3 is 5.97 Å². The number of carbonyl (C=O) groups is 1. The highest BCUT2D eigenvalue weighted by Crippen LogP contribution is 2.47. The molecule has 0 unspecified atom stereocenters. The Morgan fingerprint density at radius 1 is 1.10 bits per heavy atom. The fraction of sp³-hybridized carbons (Fsp3) is 0.235. The molecular formula is C17H16O3. The van der Waals surface area contributed by atoms with Gasteiger partial charge in [-0.05, 0) is 35.6 Å². The first-order chi connectivity index (χ1) is 9.74. The molecule has 0 saturated heterocycles. The van der Waals surface area contributed by atoms with Gasteiger partial charge < -0.3 is 9.84 Å². The number of benzene rings is 2. The Bertz CT molecular complexity index is 589. The summed E-state index contributed by atoms with van der Waals surface area (Å²) in [6.45, 7) is 0.543. The minimum atomic E-state index is -0.695. The maximum atomic E-state index is 10.8. The molecule has 0 heterocycles. The molecule has 102 valence electrons. The summed E-state index contributed by atoms with van der Waals surface area (Å²) in [6, 6.07) is 17.8. The van der Waals surface area contributed by atoms with Gasteiger partial charge in [0, 0.05) is 0 Å². The van der Waals surface area contributed by atoms with Gasteiger partial charge in [-0.3, -0.25) is 4.79 Å². The van der Waals surface area contributed by atoms with Crippen LogP contribution in [-0.4, -0.2) is 11.1 Å². The van der Waals surface area contributed by atoms with Crippen LogP contribution in [-0.2, 0) is 11.4 Å². The minimum absolute atomic E-state index is 0.177. The van der Waals surface area contributed by atoms with Gasteiger partial charge in [0.1, 0.15) is 12.4 Å². The van der Waals surface area contributed by atoms with Crippen LogP contribution in [0.1, 0.15) is 23.5 Å². The highest BCUT2D eigenvalue weighted by atomic mass is 16.5. The molecule has 3 heteroatoms. The van der Waals surface area contributed by atoms with E-state index in [1.807, 2.05) is 54.6 Å². The lowest BCUT2D eigenvalue weighted by Crippen LogP contribution is -1.99. The fourth-order valence-corrected chi connectivity index (χ4v) is 2.39. The molecule has 1 aliphatic rings. The number of aliphatic carboxylic acids is 1. The van der Waals surface area contributed by atoms with Crippen molar-refractivity contribution in [2.45, 2.75) is 18.9 Å². The van der Waals surface area contributed by atoms with Crippen LogP contribution in [0.4, 0.5) is 0 Å². The number of hydrogen-bond acceptors (Lipinski definition) is 2. The summed E-state index contributed by atoms with van der Waals surface area (Å²) in [5, 5.41) is 8.93. The molecule has 0 amide bonds. The number of ether oxygens (including phenoxy) is 1. The van der Waals surface area contributed by atoms with Crippen LogP contribution in [0.3, 0.4) is 0 Å². The molecule has 20 heavy (non-hydrogen) atoms. The van der Waals surface area contributed by atoms with E-state index in [9.17, 15) is 4.79 Å². The molecule has 0 radical (unpaired) electrons. The molecule has 0 bridgehead atoms. The molecule has 1 fully saturated rings. The summed E-state index contributed by atoms with van der Waals surface area (Å²) in [6.07, 6.45) is 0.750. The zero-order valence-corrected chi connectivity index (χ0v) is 11.0. The summed E-state index contributed by atoms with van der Waals surface area (Å²) >= 11 is 0. The monoisotopic (exact) mass is 268 g/mol. The maximum Gasteiger partial charge on any atom is 0.307 e. The largest absolute Gasteiger partial charge is 0.489 e. The predicted molar refractivity (Wildman–Crippen MR) is 75.7 cm³/mol. The molecule has 3 rings (SSSR count). The summed E-state index contributed by atoms with van der Waals surface area (Å²) in [5.74, 6) is 0.0892. The van der Waals surface area contributed by atoms with Gasteiger partial charge in [-0.15, -0.1) is 0 Å². The average molecular weight is 268 g/mol.